The Hall–Kier alpha value is -3.34. The number of pyridine rings is 1. The van der Waals surface area contributed by atoms with Crippen LogP contribution in [0.25, 0.3) is 0 Å². The first-order valence-corrected chi connectivity index (χ1v) is 13.3. The smallest absolute Gasteiger partial charge is 0.245 e. The van der Waals surface area contributed by atoms with E-state index in [0.717, 1.165) is 30.5 Å². The Labute approximate surface area is 226 Å². The Morgan fingerprint density at radius 2 is 2.03 bits per heavy atom. The molecule has 2 aliphatic heterocycles. The second-order valence-electron chi connectivity index (χ2n) is 9.63. The van der Waals surface area contributed by atoms with Crippen LogP contribution in [0.2, 0.25) is 5.02 Å². The van der Waals surface area contributed by atoms with Gasteiger partial charge in [-0.1, -0.05) is 25.4 Å². The molecule has 3 aromatic rings. The van der Waals surface area contributed by atoms with Crippen LogP contribution >= 0.6 is 11.6 Å². The van der Waals surface area contributed by atoms with Gasteiger partial charge in [-0.25, -0.2) is 14.8 Å². The van der Waals surface area contributed by atoms with E-state index in [1.165, 1.54) is 5.56 Å². The minimum Gasteiger partial charge on any atom is -0.378 e. The SMILES string of the molecule is CCC1NCC(C)C1c1cc(Cl)cc(Nc2ccc(/C=N/Nc3ncc(F)c(N4CCOCC4)n3)nc2)c1. The van der Waals surface area contributed by atoms with Gasteiger partial charge >= 0.3 is 0 Å². The molecule has 200 valence electrons. The Morgan fingerprint density at radius 3 is 2.79 bits per heavy atom. The van der Waals surface area contributed by atoms with Crippen LogP contribution in [0.1, 0.15) is 37.4 Å². The third-order valence-electron chi connectivity index (χ3n) is 6.97. The largest absolute Gasteiger partial charge is 0.378 e. The van der Waals surface area contributed by atoms with Gasteiger partial charge in [0.25, 0.3) is 0 Å². The van der Waals surface area contributed by atoms with E-state index in [0.29, 0.717) is 54.9 Å². The van der Waals surface area contributed by atoms with Crippen LogP contribution in [0.4, 0.5) is 27.5 Å². The third-order valence-corrected chi connectivity index (χ3v) is 7.18. The van der Waals surface area contributed by atoms with Crippen molar-refractivity contribution in [3.05, 3.63) is 64.8 Å². The number of halogens is 2. The van der Waals surface area contributed by atoms with E-state index in [1.54, 1.807) is 12.4 Å². The molecule has 0 spiro atoms. The zero-order valence-electron chi connectivity index (χ0n) is 21.5. The summed E-state index contributed by atoms with van der Waals surface area (Å²) in [6.45, 7) is 7.75. The fourth-order valence-electron chi connectivity index (χ4n) is 5.11. The molecule has 1 aromatic carbocycles. The number of hydrogen-bond acceptors (Lipinski definition) is 9. The van der Waals surface area contributed by atoms with Gasteiger partial charge in [0.05, 0.1) is 43.2 Å². The first kappa shape index (κ1) is 26.3. The van der Waals surface area contributed by atoms with Crippen molar-refractivity contribution in [2.45, 2.75) is 32.2 Å². The molecule has 0 aliphatic carbocycles. The lowest BCUT2D eigenvalue weighted by Gasteiger charge is -2.27. The predicted molar refractivity (Wildman–Crippen MR) is 149 cm³/mol. The standard InChI is InChI=1S/C27H32ClFN8O/c1-3-24-25(17(2)13-31-24)18-10-19(28)12-22(11-18)34-21-5-4-20(30-14-21)15-33-36-27-32-16-23(29)26(35-27)37-6-8-38-9-7-37/h4-5,10-12,14-17,24-25,31,34H,3,6-9,13H2,1-2H3,(H,32,35,36)/b33-15+. The van der Waals surface area contributed by atoms with E-state index < -0.39 is 5.82 Å². The number of rotatable bonds is 8. The Bertz CT molecular complexity index is 1270. The summed E-state index contributed by atoms with van der Waals surface area (Å²) in [5.74, 6) is 0.946. The highest BCUT2D eigenvalue weighted by Crippen LogP contribution is 2.37. The van der Waals surface area contributed by atoms with Crippen LogP contribution in [0.3, 0.4) is 0 Å². The van der Waals surface area contributed by atoms with Gasteiger partial charge in [-0.2, -0.15) is 10.1 Å². The zero-order chi connectivity index (χ0) is 26.5. The predicted octanol–water partition coefficient (Wildman–Crippen LogP) is 4.79. The molecule has 38 heavy (non-hydrogen) atoms. The summed E-state index contributed by atoms with van der Waals surface area (Å²) in [5, 5.41) is 11.9. The van der Waals surface area contributed by atoms with E-state index in [2.05, 4.69) is 62.1 Å². The van der Waals surface area contributed by atoms with E-state index in [1.807, 2.05) is 23.1 Å². The van der Waals surface area contributed by atoms with Crippen molar-refractivity contribution in [1.82, 2.24) is 20.3 Å². The second kappa shape index (κ2) is 12.0. The maximum absolute atomic E-state index is 14.2. The van der Waals surface area contributed by atoms with Gasteiger partial charge in [0.15, 0.2) is 11.6 Å². The average Bonchev–Trinajstić information content (AvgIpc) is 3.31. The lowest BCUT2D eigenvalue weighted by Crippen LogP contribution is -2.37. The molecule has 0 bridgehead atoms. The Kier molecular flexibility index (Phi) is 8.31. The van der Waals surface area contributed by atoms with E-state index in [9.17, 15) is 4.39 Å². The average molecular weight is 539 g/mol. The zero-order valence-corrected chi connectivity index (χ0v) is 22.2. The van der Waals surface area contributed by atoms with Crippen LogP contribution in [0.5, 0.6) is 0 Å². The van der Waals surface area contributed by atoms with Gasteiger partial charge in [-0.05, 0) is 54.8 Å². The number of hydrogen-bond donors (Lipinski definition) is 3. The number of nitrogens with zero attached hydrogens (tertiary/aromatic N) is 5. The summed E-state index contributed by atoms with van der Waals surface area (Å²) < 4.78 is 19.5. The first-order chi connectivity index (χ1) is 18.5. The minimum absolute atomic E-state index is 0.205. The number of nitrogens with one attached hydrogen (secondary N) is 3. The van der Waals surface area contributed by atoms with E-state index in [-0.39, 0.29) is 11.8 Å². The summed E-state index contributed by atoms with van der Waals surface area (Å²) in [6.07, 6.45) is 5.51. The summed E-state index contributed by atoms with van der Waals surface area (Å²) in [6, 6.07) is 10.4. The number of aromatic nitrogens is 3. The molecule has 5 rings (SSSR count). The molecule has 0 saturated carbocycles. The minimum atomic E-state index is -0.474. The molecular weight excluding hydrogens is 507 g/mol. The fourth-order valence-corrected chi connectivity index (χ4v) is 5.35. The molecule has 9 nitrogen and oxygen atoms in total. The monoisotopic (exact) mass is 538 g/mol. The van der Waals surface area contributed by atoms with Crippen molar-refractivity contribution in [3.63, 3.8) is 0 Å². The van der Waals surface area contributed by atoms with Crippen molar-refractivity contribution < 1.29 is 9.13 Å². The topological polar surface area (TPSA) is 99.6 Å². The van der Waals surface area contributed by atoms with Gasteiger partial charge in [0.2, 0.25) is 5.95 Å². The molecular formula is C27H32ClFN8O. The summed E-state index contributed by atoms with van der Waals surface area (Å²) in [4.78, 5) is 14.5. The summed E-state index contributed by atoms with van der Waals surface area (Å²) in [5.41, 5.74) is 6.40. The van der Waals surface area contributed by atoms with E-state index >= 15 is 0 Å². The number of benzene rings is 1. The van der Waals surface area contributed by atoms with Gasteiger partial charge in [-0.15, -0.1) is 0 Å². The Morgan fingerprint density at radius 1 is 1.18 bits per heavy atom. The van der Waals surface area contributed by atoms with Gasteiger partial charge in [-0.3, -0.25) is 4.98 Å². The summed E-state index contributed by atoms with van der Waals surface area (Å²) >= 11 is 6.49. The van der Waals surface area contributed by atoms with E-state index in [4.69, 9.17) is 16.3 Å². The molecule has 0 amide bonds. The highest BCUT2D eigenvalue weighted by atomic mass is 35.5. The lowest BCUT2D eigenvalue weighted by molar-refractivity contribution is 0.122. The number of morpholine rings is 1. The second-order valence-corrected chi connectivity index (χ2v) is 10.1. The molecule has 0 radical (unpaired) electrons. The maximum Gasteiger partial charge on any atom is 0.245 e. The van der Waals surface area contributed by atoms with Crippen molar-refractivity contribution in [2.75, 3.05) is 48.5 Å². The molecule has 4 heterocycles. The molecule has 2 saturated heterocycles. The third kappa shape index (κ3) is 6.20. The van der Waals surface area contributed by atoms with Crippen LogP contribution < -0.4 is 21.0 Å². The van der Waals surface area contributed by atoms with Crippen LogP contribution in [0.15, 0.2) is 47.8 Å². The highest BCUT2D eigenvalue weighted by molar-refractivity contribution is 6.31. The van der Waals surface area contributed by atoms with Gasteiger partial charge in [0, 0.05) is 35.8 Å². The molecule has 2 aliphatic rings. The van der Waals surface area contributed by atoms with Crippen molar-refractivity contribution in [1.29, 1.82) is 0 Å². The molecule has 3 atom stereocenters. The van der Waals surface area contributed by atoms with Crippen LogP contribution in [-0.2, 0) is 4.74 Å². The molecule has 3 N–H and O–H groups in total. The number of hydrazone groups is 1. The maximum atomic E-state index is 14.2. The van der Waals surface area contributed by atoms with Crippen molar-refractivity contribution in [3.8, 4) is 0 Å². The van der Waals surface area contributed by atoms with Gasteiger partial charge in [0.1, 0.15) is 0 Å². The Balaban J connectivity index is 1.22. The summed E-state index contributed by atoms with van der Waals surface area (Å²) in [7, 11) is 0. The van der Waals surface area contributed by atoms with Crippen molar-refractivity contribution >= 4 is 41.0 Å². The number of anilines is 4. The van der Waals surface area contributed by atoms with Crippen molar-refractivity contribution in [2.24, 2.45) is 11.0 Å². The highest BCUT2D eigenvalue weighted by Gasteiger charge is 2.33. The first-order valence-electron chi connectivity index (χ1n) is 12.9. The molecule has 2 aromatic heterocycles. The molecule has 2 fully saturated rings. The van der Waals surface area contributed by atoms with Gasteiger partial charge < -0.3 is 20.3 Å². The normalized spacial score (nSPS) is 21.7. The quantitative estimate of drug-likeness (QED) is 0.278. The molecule has 3 unspecified atom stereocenters. The molecule has 11 heteroatoms. The number of ether oxygens (including phenoxy) is 1. The van der Waals surface area contributed by atoms with Crippen LogP contribution in [-0.4, -0.2) is 60.1 Å². The lowest BCUT2D eigenvalue weighted by atomic mass is 9.84. The fraction of sp³-hybridized carbons (Fsp3) is 0.407. The van der Waals surface area contributed by atoms with Crippen LogP contribution in [0, 0.1) is 11.7 Å².